The number of rotatable bonds is 6. The van der Waals surface area contributed by atoms with E-state index in [0.29, 0.717) is 33.4 Å². The van der Waals surface area contributed by atoms with Crippen LogP contribution in [-0.2, 0) is 22.4 Å². The van der Waals surface area contributed by atoms with Crippen molar-refractivity contribution in [3.8, 4) is 23.3 Å². The van der Waals surface area contributed by atoms with Gasteiger partial charge in [0.25, 0.3) is 0 Å². The first-order valence-corrected chi connectivity index (χ1v) is 10.3. The van der Waals surface area contributed by atoms with E-state index in [9.17, 15) is 14.9 Å². The second kappa shape index (κ2) is 9.95. The number of thiophene rings is 1. The number of methoxy groups -OCH3 is 3. The average Bonchev–Trinajstić information content (AvgIpc) is 3.14. The molecule has 0 fully saturated rings. The van der Waals surface area contributed by atoms with Gasteiger partial charge in [0.2, 0.25) is 5.75 Å². The smallest absolute Gasteiger partial charge is 0.329 e. The van der Waals surface area contributed by atoms with Gasteiger partial charge in [0.05, 0.1) is 33.1 Å². The number of amides is 2. The minimum absolute atomic E-state index is 0.368. The molecule has 2 aromatic rings. The maximum absolute atomic E-state index is 12.3. The summed E-state index contributed by atoms with van der Waals surface area (Å²) in [4.78, 5) is 25.5. The summed E-state index contributed by atoms with van der Waals surface area (Å²) in [5.74, 6) is -0.625. The molecule has 0 saturated carbocycles. The first-order valence-electron chi connectivity index (χ1n) is 9.52. The van der Waals surface area contributed by atoms with Gasteiger partial charge in [0.1, 0.15) is 11.1 Å². The molecule has 0 saturated heterocycles. The van der Waals surface area contributed by atoms with Gasteiger partial charge < -0.3 is 19.5 Å². The van der Waals surface area contributed by atoms with Crippen molar-refractivity contribution in [2.75, 3.05) is 26.6 Å². The fourth-order valence-electron chi connectivity index (χ4n) is 3.37. The van der Waals surface area contributed by atoms with Crippen LogP contribution < -0.4 is 25.0 Å². The Morgan fingerprint density at radius 2 is 1.84 bits per heavy atom. The Morgan fingerprint density at radius 1 is 1.10 bits per heavy atom. The van der Waals surface area contributed by atoms with E-state index in [1.165, 1.54) is 38.9 Å². The summed E-state index contributed by atoms with van der Waals surface area (Å²) in [6, 6.07) is 5.48. The van der Waals surface area contributed by atoms with Gasteiger partial charge in [-0.15, -0.1) is 11.3 Å². The van der Waals surface area contributed by atoms with Crippen LogP contribution in [0.1, 0.15) is 34.4 Å². The number of nitrogens with zero attached hydrogens (tertiary/aromatic N) is 2. The summed E-state index contributed by atoms with van der Waals surface area (Å²) < 4.78 is 15.9. The van der Waals surface area contributed by atoms with Crippen LogP contribution in [0.2, 0.25) is 0 Å². The highest BCUT2D eigenvalue weighted by Gasteiger charge is 2.23. The zero-order valence-corrected chi connectivity index (χ0v) is 18.2. The van der Waals surface area contributed by atoms with Gasteiger partial charge in [-0.25, -0.2) is 5.43 Å². The molecule has 0 radical (unpaired) electrons. The quantitative estimate of drug-likeness (QED) is 0.403. The molecule has 1 heterocycles. The van der Waals surface area contributed by atoms with Crippen molar-refractivity contribution in [2.45, 2.75) is 25.7 Å². The van der Waals surface area contributed by atoms with Gasteiger partial charge in [-0.05, 0) is 43.4 Å². The minimum atomic E-state index is -0.953. The van der Waals surface area contributed by atoms with Crippen LogP contribution >= 0.6 is 11.3 Å². The molecule has 0 bridgehead atoms. The van der Waals surface area contributed by atoms with E-state index in [-0.39, 0.29) is 0 Å². The first-order chi connectivity index (χ1) is 15.0. The summed E-state index contributed by atoms with van der Waals surface area (Å²) >= 11 is 1.35. The Morgan fingerprint density at radius 3 is 2.52 bits per heavy atom. The van der Waals surface area contributed by atoms with Crippen LogP contribution in [0, 0.1) is 11.3 Å². The predicted molar refractivity (Wildman–Crippen MR) is 116 cm³/mol. The number of carbonyl (C=O) groups excluding carboxylic acids is 2. The molecule has 2 N–H and O–H groups in total. The minimum Gasteiger partial charge on any atom is -0.493 e. The Kier molecular flexibility index (Phi) is 7.10. The Labute approximate surface area is 183 Å². The van der Waals surface area contributed by atoms with E-state index in [4.69, 9.17) is 14.2 Å². The summed E-state index contributed by atoms with van der Waals surface area (Å²) in [5.41, 5.74) is 4.12. The number of aryl methyl sites for hydroxylation is 1. The number of ether oxygens (including phenoxy) is 3. The van der Waals surface area contributed by atoms with Gasteiger partial charge in [0.15, 0.2) is 11.5 Å². The molecule has 3 rings (SSSR count). The second-order valence-electron chi connectivity index (χ2n) is 6.60. The van der Waals surface area contributed by atoms with Crippen molar-refractivity contribution in [1.29, 1.82) is 5.26 Å². The van der Waals surface area contributed by atoms with Gasteiger partial charge in [-0.2, -0.15) is 10.4 Å². The second-order valence-corrected chi connectivity index (χ2v) is 7.71. The maximum atomic E-state index is 12.3. The number of nitriles is 1. The zero-order chi connectivity index (χ0) is 22.4. The van der Waals surface area contributed by atoms with Crippen molar-refractivity contribution in [3.05, 3.63) is 33.7 Å². The first kappa shape index (κ1) is 22.1. The van der Waals surface area contributed by atoms with Crippen LogP contribution in [-0.4, -0.2) is 39.4 Å². The van der Waals surface area contributed by atoms with E-state index in [1.807, 2.05) is 0 Å². The number of anilines is 1. The van der Waals surface area contributed by atoms with E-state index in [2.05, 4.69) is 21.9 Å². The number of nitrogens with one attached hydrogen (secondary N) is 2. The Hall–Kier alpha value is -3.58. The number of hydrazone groups is 1. The number of carbonyl (C=O) groups is 2. The molecule has 1 aromatic heterocycles. The zero-order valence-electron chi connectivity index (χ0n) is 17.4. The molecule has 162 valence electrons. The van der Waals surface area contributed by atoms with Gasteiger partial charge in [-0.1, -0.05) is 0 Å². The van der Waals surface area contributed by atoms with Gasteiger partial charge in [0, 0.05) is 10.4 Å². The van der Waals surface area contributed by atoms with Crippen LogP contribution in [0.15, 0.2) is 17.2 Å². The number of hydrogen-bond donors (Lipinski definition) is 2. The number of hydrogen-bond acceptors (Lipinski definition) is 8. The lowest BCUT2D eigenvalue weighted by atomic mass is 9.96. The fraction of sp³-hybridized carbons (Fsp3) is 0.333. The molecular formula is C21H22N4O5S. The third-order valence-corrected chi connectivity index (χ3v) is 6.03. The fourth-order valence-corrected chi connectivity index (χ4v) is 4.60. The standard InChI is InChI=1S/C21H22N4O5S/c1-28-15-9-8-12(17(29-2)18(15)30-3)11-23-25-20(27)19(26)24-21-14(10-22)13-6-4-5-7-16(13)31-21/h8-9,11H,4-7H2,1-3H3,(H,24,26)(H,25,27)/b23-11+. The molecule has 0 atom stereocenters. The van der Waals surface area contributed by atoms with Crippen LogP contribution in [0.4, 0.5) is 5.00 Å². The molecule has 2 amide bonds. The molecule has 9 nitrogen and oxygen atoms in total. The molecule has 10 heteroatoms. The summed E-state index contributed by atoms with van der Waals surface area (Å²) in [7, 11) is 4.45. The SMILES string of the molecule is COc1ccc(/C=N/NC(=O)C(=O)Nc2sc3c(c2C#N)CCCC3)c(OC)c1OC. The molecular weight excluding hydrogens is 420 g/mol. The molecule has 1 aromatic carbocycles. The molecule has 1 aliphatic carbocycles. The molecule has 0 unspecified atom stereocenters. The van der Waals surface area contributed by atoms with Gasteiger partial charge >= 0.3 is 11.8 Å². The van der Waals surface area contributed by atoms with Crippen molar-refractivity contribution < 1.29 is 23.8 Å². The van der Waals surface area contributed by atoms with E-state index < -0.39 is 11.8 Å². The monoisotopic (exact) mass is 442 g/mol. The Balaban J connectivity index is 1.69. The van der Waals surface area contributed by atoms with Crippen LogP contribution in [0.3, 0.4) is 0 Å². The van der Waals surface area contributed by atoms with Gasteiger partial charge in [-0.3, -0.25) is 9.59 Å². The molecule has 0 aliphatic heterocycles. The number of benzene rings is 1. The van der Waals surface area contributed by atoms with Crippen molar-refractivity contribution in [2.24, 2.45) is 5.10 Å². The molecule has 0 spiro atoms. The van der Waals surface area contributed by atoms with E-state index >= 15 is 0 Å². The van der Waals surface area contributed by atoms with Crippen LogP contribution in [0.5, 0.6) is 17.2 Å². The lowest BCUT2D eigenvalue weighted by Gasteiger charge is -2.13. The van der Waals surface area contributed by atoms with E-state index in [1.54, 1.807) is 12.1 Å². The lowest BCUT2D eigenvalue weighted by molar-refractivity contribution is -0.136. The Bertz CT molecular complexity index is 1070. The number of fused-ring (bicyclic) bond motifs is 1. The van der Waals surface area contributed by atoms with Crippen LogP contribution in [0.25, 0.3) is 0 Å². The third-order valence-electron chi connectivity index (χ3n) is 4.82. The topological polar surface area (TPSA) is 122 Å². The molecule has 1 aliphatic rings. The highest BCUT2D eigenvalue weighted by Crippen LogP contribution is 2.39. The summed E-state index contributed by atoms with van der Waals surface area (Å²) in [6.07, 6.45) is 5.10. The largest absolute Gasteiger partial charge is 0.493 e. The highest BCUT2D eigenvalue weighted by molar-refractivity contribution is 7.16. The normalized spacial score (nSPS) is 12.6. The predicted octanol–water partition coefficient (Wildman–Crippen LogP) is 2.61. The lowest BCUT2D eigenvalue weighted by Crippen LogP contribution is -2.32. The summed E-state index contributed by atoms with van der Waals surface area (Å²) in [5, 5.41) is 16.2. The summed E-state index contributed by atoms with van der Waals surface area (Å²) in [6.45, 7) is 0. The van der Waals surface area contributed by atoms with Crippen molar-refractivity contribution >= 4 is 34.4 Å². The third kappa shape index (κ3) is 4.62. The maximum Gasteiger partial charge on any atom is 0.329 e. The van der Waals surface area contributed by atoms with Crippen molar-refractivity contribution in [1.82, 2.24) is 5.43 Å². The highest BCUT2D eigenvalue weighted by atomic mass is 32.1. The van der Waals surface area contributed by atoms with Crippen molar-refractivity contribution in [3.63, 3.8) is 0 Å². The average molecular weight is 442 g/mol. The van der Waals surface area contributed by atoms with E-state index in [0.717, 1.165) is 36.1 Å². The molecule has 31 heavy (non-hydrogen) atoms.